The third-order valence-electron chi connectivity index (χ3n) is 2.56. The lowest BCUT2D eigenvalue weighted by Crippen LogP contribution is -2.31. The molecule has 0 amide bonds. The van der Waals surface area contributed by atoms with Crippen LogP contribution >= 0.6 is 0 Å². The largest absolute Gasteiger partial charge is 0.376 e. The van der Waals surface area contributed by atoms with Crippen LogP contribution < -0.4 is 11.1 Å². The molecule has 0 saturated heterocycles. The van der Waals surface area contributed by atoms with Gasteiger partial charge in [-0.2, -0.15) is 5.26 Å². The normalized spacial score (nSPS) is 12.3. The van der Waals surface area contributed by atoms with E-state index in [0.717, 1.165) is 18.6 Å². The molecular formula is C13H17F2N3. The van der Waals surface area contributed by atoms with Crippen molar-refractivity contribution in [2.24, 2.45) is 11.7 Å². The third-order valence-corrected chi connectivity index (χ3v) is 2.56. The SMILES string of the molecule is CC(C)CC(CN)Nc1c(F)cc(C#N)cc1F. The van der Waals surface area contributed by atoms with E-state index in [0.29, 0.717) is 5.92 Å². The van der Waals surface area contributed by atoms with E-state index in [1.165, 1.54) is 0 Å². The maximum Gasteiger partial charge on any atom is 0.150 e. The van der Waals surface area contributed by atoms with Gasteiger partial charge in [0.05, 0.1) is 11.6 Å². The molecule has 18 heavy (non-hydrogen) atoms. The smallest absolute Gasteiger partial charge is 0.150 e. The summed E-state index contributed by atoms with van der Waals surface area (Å²) < 4.78 is 27.3. The molecule has 0 fully saturated rings. The lowest BCUT2D eigenvalue weighted by atomic mass is 10.0. The standard InChI is InChI=1S/C13H17F2N3/c1-8(2)3-10(7-17)18-13-11(14)4-9(6-16)5-12(13)15/h4-5,8,10,18H,3,7,17H2,1-2H3. The molecule has 0 saturated carbocycles. The van der Waals surface area contributed by atoms with E-state index in [1.54, 1.807) is 6.07 Å². The lowest BCUT2D eigenvalue weighted by molar-refractivity contribution is 0.512. The molecular weight excluding hydrogens is 236 g/mol. The summed E-state index contributed by atoms with van der Waals surface area (Å²) in [5.74, 6) is -1.17. The van der Waals surface area contributed by atoms with Crippen molar-refractivity contribution in [1.29, 1.82) is 5.26 Å². The Balaban J connectivity index is 2.93. The van der Waals surface area contributed by atoms with Gasteiger partial charge in [0, 0.05) is 12.6 Å². The van der Waals surface area contributed by atoms with Gasteiger partial charge in [0.2, 0.25) is 0 Å². The molecule has 0 aromatic heterocycles. The van der Waals surface area contributed by atoms with Gasteiger partial charge in [0.25, 0.3) is 0 Å². The Morgan fingerprint density at radius 3 is 2.28 bits per heavy atom. The van der Waals surface area contributed by atoms with Gasteiger partial charge in [0.15, 0.2) is 11.6 Å². The van der Waals surface area contributed by atoms with Crippen LogP contribution in [0.1, 0.15) is 25.8 Å². The number of nitrogens with two attached hydrogens (primary N) is 1. The molecule has 0 aliphatic rings. The van der Waals surface area contributed by atoms with Crippen LogP contribution in [0, 0.1) is 28.9 Å². The van der Waals surface area contributed by atoms with Crippen molar-refractivity contribution in [2.45, 2.75) is 26.3 Å². The van der Waals surface area contributed by atoms with Crippen molar-refractivity contribution >= 4 is 5.69 Å². The Morgan fingerprint density at radius 2 is 1.89 bits per heavy atom. The molecule has 0 spiro atoms. The van der Waals surface area contributed by atoms with Crippen molar-refractivity contribution in [3.8, 4) is 6.07 Å². The molecule has 1 atom stereocenters. The van der Waals surface area contributed by atoms with Crippen LogP contribution in [0.5, 0.6) is 0 Å². The molecule has 0 aliphatic carbocycles. The highest BCUT2D eigenvalue weighted by Gasteiger charge is 2.16. The van der Waals surface area contributed by atoms with Crippen molar-refractivity contribution in [2.75, 3.05) is 11.9 Å². The molecule has 1 aromatic carbocycles. The van der Waals surface area contributed by atoms with E-state index >= 15 is 0 Å². The molecule has 3 N–H and O–H groups in total. The zero-order chi connectivity index (χ0) is 13.7. The second-order valence-electron chi connectivity index (χ2n) is 4.63. The minimum Gasteiger partial charge on any atom is -0.376 e. The topological polar surface area (TPSA) is 61.8 Å². The van der Waals surface area contributed by atoms with Crippen LogP contribution in [-0.4, -0.2) is 12.6 Å². The fourth-order valence-corrected chi connectivity index (χ4v) is 1.76. The monoisotopic (exact) mass is 253 g/mol. The summed E-state index contributed by atoms with van der Waals surface area (Å²) in [5, 5.41) is 11.4. The zero-order valence-electron chi connectivity index (χ0n) is 10.5. The number of nitrogens with one attached hydrogen (secondary N) is 1. The predicted molar refractivity (Wildman–Crippen MR) is 67.0 cm³/mol. The van der Waals surface area contributed by atoms with Gasteiger partial charge in [-0.15, -0.1) is 0 Å². The highest BCUT2D eigenvalue weighted by molar-refractivity contribution is 5.51. The van der Waals surface area contributed by atoms with Crippen LogP contribution in [0.3, 0.4) is 0 Å². The van der Waals surface area contributed by atoms with E-state index in [4.69, 9.17) is 11.0 Å². The second-order valence-corrected chi connectivity index (χ2v) is 4.63. The van der Waals surface area contributed by atoms with Gasteiger partial charge in [-0.05, 0) is 24.5 Å². The van der Waals surface area contributed by atoms with Gasteiger partial charge in [-0.25, -0.2) is 8.78 Å². The van der Waals surface area contributed by atoms with Crippen LogP contribution in [0.2, 0.25) is 0 Å². The molecule has 5 heteroatoms. The Morgan fingerprint density at radius 1 is 1.33 bits per heavy atom. The number of anilines is 1. The Kier molecular flexibility index (Phi) is 5.05. The number of halogens is 2. The molecule has 1 aromatic rings. The average Bonchev–Trinajstić information content (AvgIpc) is 2.31. The van der Waals surface area contributed by atoms with E-state index in [1.807, 2.05) is 13.8 Å². The first kappa shape index (κ1) is 14.4. The summed E-state index contributed by atoms with van der Waals surface area (Å²) in [4.78, 5) is 0. The minimum atomic E-state index is -0.770. The fraction of sp³-hybridized carbons (Fsp3) is 0.462. The van der Waals surface area contributed by atoms with Gasteiger partial charge >= 0.3 is 0 Å². The van der Waals surface area contributed by atoms with Gasteiger partial charge < -0.3 is 11.1 Å². The van der Waals surface area contributed by atoms with Crippen molar-refractivity contribution in [3.63, 3.8) is 0 Å². The third kappa shape index (κ3) is 3.67. The summed E-state index contributed by atoms with van der Waals surface area (Å²) in [6, 6.07) is 3.53. The maximum absolute atomic E-state index is 13.6. The number of nitriles is 1. The van der Waals surface area contributed by atoms with Gasteiger partial charge in [-0.3, -0.25) is 0 Å². The Hall–Kier alpha value is -1.67. The van der Waals surface area contributed by atoms with Crippen LogP contribution in [-0.2, 0) is 0 Å². The molecule has 0 bridgehead atoms. The molecule has 0 aliphatic heterocycles. The first-order valence-electron chi connectivity index (χ1n) is 5.83. The summed E-state index contributed by atoms with van der Waals surface area (Å²) in [6.07, 6.45) is 0.718. The summed E-state index contributed by atoms with van der Waals surface area (Å²) >= 11 is 0. The number of benzene rings is 1. The van der Waals surface area contributed by atoms with Crippen LogP contribution in [0.4, 0.5) is 14.5 Å². The van der Waals surface area contributed by atoms with Crippen molar-refractivity contribution in [3.05, 3.63) is 29.3 Å². The maximum atomic E-state index is 13.6. The summed E-state index contributed by atoms with van der Waals surface area (Å²) in [7, 11) is 0. The predicted octanol–water partition coefficient (Wildman–Crippen LogP) is 2.62. The second kappa shape index (κ2) is 6.31. The van der Waals surface area contributed by atoms with Crippen molar-refractivity contribution in [1.82, 2.24) is 0 Å². The lowest BCUT2D eigenvalue weighted by Gasteiger charge is -2.20. The first-order valence-corrected chi connectivity index (χ1v) is 5.83. The summed E-state index contributed by atoms with van der Waals surface area (Å²) in [5.41, 5.74) is 5.31. The van der Waals surface area contributed by atoms with Crippen LogP contribution in [0.15, 0.2) is 12.1 Å². The zero-order valence-corrected chi connectivity index (χ0v) is 10.5. The number of nitrogens with zero attached hydrogens (tertiary/aromatic N) is 1. The highest BCUT2D eigenvalue weighted by atomic mass is 19.1. The fourth-order valence-electron chi connectivity index (χ4n) is 1.76. The quantitative estimate of drug-likeness (QED) is 0.848. The van der Waals surface area contributed by atoms with E-state index in [9.17, 15) is 8.78 Å². The van der Waals surface area contributed by atoms with E-state index in [-0.39, 0.29) is 23.8 Å². The summed E-state index contributed by atoms with van der Waals surface area (Å²) in [6.45, 7) is 4.31. The van der Waals surface area contributed by atoms with Crippen molar-refractivity contribution < 1.29 is 8.78 Å². The number of rotatable bonds is 5. The van der Waals surface area contributed by atoms with Gasteiger partial charge in [-0.1, -0.05) is 13.8 Å². The number of hydrogen-bond donors (Lipinski definition) is 2. The van der Waals surface area contributed by atoms with E-state index < -0.39 is 11.6 Å². The molecule has 0 heterocycles. The Bertz CT molecular complexity index is 429. The Labute approximate surface area is 106 Å². The molecule has 0 radical (unpaired) electrons. The molecule has 1 unspecified atom stereocenters. The molecule has 3 nitrogen and oxygen atoms in total. The number of hydrogen-bond acceptors (Lipinski definition) is 3. The van der Waals surface area contributed by atoms with E-state index in [2.05, 4.69) is 5.32 Å². The van der Waals surface area contributed by atoms with Crippen LogP contribution in [0.25, 0.3) is 0 Å². The molecule has 1 rings (SSSR count). The van der Waals surface area contributed by atoms with Gasteiger partial charge in [0.1, 0.15) is 5.69 Å². The highest BCUT2D eigenvalue weighted by Crippen LogP contribution is 2.22. The average molecular weight is 253 g/mol. The first-order chi connectivity index (χ1) is 8.47. The minimum absolute atomic E-state index is 0.0382. The molecule has 98 valence electrons.